The maximum Gasteiger partial charge on any atom is 0.295 e. The molecule has 0 atom stereocenters. The van der Waals surface area contributed by atoms with Crippen LogP contribution in [0.4, 0.5) is 0 Å². The van der Waals surface area contributed by atoms with Crippen molar-refractivity contribution in [2.24, 2.45) is 0 Å². The van der Waals surface area contributed by atoms with E-state index in [2.05, 4.69) is 105 Å². The van der Waals surface area contributed by atoms with E-state index in [4.69, 9.17) is 0 Å². The lowest BCUT2D eigenvalue weighted by Gasteiger charge is -2.19. The van der Waals surface area contributed by atoms with Crippen molar-refractivity contribution in [3.63, 3.8) is 0 Å². The number of benzene rings is 3. The number of hydrogen-bond acceptors (Lipinski definition) is 0. The molecule has 2 aromatic heterocycles. The average molecular weight is 434 g/mol. The lowest BCUT2D eigenvalue weighted by molar-refractivity contribution is -0.657. The van der Waals surface area contributed by atoms with Crippen LogP contribution in [-0.2, 0) is 13.0 Å². The molecule has 0 saturated heterocycles. The fraction of sp³-hybridized carbons (Fsp3) is 0.323. The fourth-order valence-corrected chi connectivity index (χ4v) is 6.03. The Labute approximate surface area is 196 Å². The third-order valence-electron chi connectivity index (χ3n) is 7.78. The van der Waals surface area contributed by atoms with Gasteiger partial charge in [0.05, 0.1) is 5.39 Å². The van der Waals surface area contributed by atoms with E-state index in [1.807, 2.05) is 0 Å². The average Bonchev–Trinajstić information content (AvgIpc) is 3.30. The number of pyridine rings is 1. The number of rotatable bonds is 4. The maximum absolute atomic E-state index is 2.57. The molecule has 0 saturated carbocycles. The van der Waals surface area contributed by atoms with E-state index >= 15 is 0 Å². The number of aromatic nitrogens is 2. The van der Waals surface area contributed by atoms with Crippen molar-refractivity contribution in [3.05, 3.63) is 93.8 Å². The van der Waals surface area contributed by atoms with E-state index < -0.39 is 0 Å². The first kappa shape index (κ1) is 20.5. The zero-order chi connectivity index (χ0) is 23.0. The number of imidazole rings is 1. The molecule has 0 fully saturated rings. The zero-order valence-electron chi connectivity index (χ0n) is 20.7. The first-order valence-electron chi connectivity index (χ1n) is 12.3. The second-order valence-corrected chi connectivity index (χ2v) is 10.6. The minimum Gasteiger partial charge on any atom is -0.225 e. The van der Waals surface area contributed by atoms with Crippen molar-refractivity contribution in [2.45, 2.75) is 66.3 Å². The second-order valence-electron chi connectivity index (χ2n) is 10.6. The topological polar surface area (TPSA) is 8.29 Å². The summed E-state index contributed by atoms with van der Waals surface area (Å²) < 4.78 is 5.05. The van der Waals surface area contributed by atoms with E-state index in [1.54, 1.807) is 0 Å². The predicted octanol–water partition coefficient (Wildman–Crippen LogP) is 7.35. The number of aryl methyl sites for hydroxylation is 2. The number of nitrogens with zero attached hydrogens (tertiary/aromatic N) is 2. The standard InChI is InChI=1S/C31H33N2/c1-18(2)24-10-8-11-25(19(3)4)27(24)15-23-17-32-16-22-9-7-12-26-28-13-20(5)21(6)14-29(28)33(23)31(32)30(22)26/h7-14,17-19H,15-16H2,1-6H3/q+1. The quantitative estimate of drug-likeness (QED) is 0.203. The van der Waals surface area contributed by atoms with Crippen LogP contribution in [0.1, 0.15) is 78.6 Å². The van der Waals surface area contributed by atoms with Crippen molar-refractivity contribution in [1.29, 1.82) is 0 Å². The number of hydrogen-bond donors (Lipinski definition) is 0. The van der Waals surface area contributed by atoms with E-state index in [-0.39, 0.29) is 0 Å². The van der Waals surface area contributed by atoms with Crippen molar-refractivity contribution < 1.29 is 4.57 Å². The van der Waals surface area contributed by atoms with E-state index in [9.17, 15) is 0 Å². The summed E-state index contributed by atoms with van der Waals surface area (Å²) in [5.41, 5.74) is 12.7. The second kappa shape index (κ2) is 7.18. The molecule has 33 heavy (non-hydrogen) atoms. The van der Waals surface area contributed by atoms with Gasteiger partial charge in [-0.05, 0) is 65.6 Å². The lowest BCUT2D eigenvalue weighted by atomic mass is 9.86. The molecule has 0 aliphatic carbocycles. The summed E-state index contributed by atoms with van der Waals surface area (Å²) in [4.78, 5) is 0. The molecule has 0 unspecified atom stereocenters. The smallest absolute Gasteiger partial charge is 0.225 e. The molecule has 1 aliphatic rings. The van der Waals surface area contributed by atoms with Gasteiger partial charge in [0.25, 0.3) is 5.65 Å². The van der Waals surface area contributed by atoms with Crippen molar-refractivity contribution in [3.8, 4) is 0 Å². The van der Waals surface area contributed by atoms with Crippen LogP contribution in [0.3, 0.4) is 0 Å². The highest BCUT2D eigenvalue weighted by atomic mass is 15.1. The summed E-state index contributed by atoms with van der Waals surface area (Å²) in [5.74, 6) is 1.03. The van der Waals surface area contributed by atoms with Crippen molar-refractivity contribution >= 4 is 27.3 Å². The van der Waals surface area contributed by atoms with Crippen LogP contribution in [0.5, 0.6) is 0 Å². The first-order valence-corrected chi connectivity index (χ1v) is 12.3. The van der Waals surface area contributed by atoms with Crippen LogP contribution < -0.4 is 4.57 Å². The van der Waals surface area contributed by atoms with Gasteiger partial charge in [-0.2, -0.15) is 4.40 Å². The monoisotopic (exact) mass is 433 g/mol. The molecule has 5 aromatic rings. The Hall–Kier alpha value is -3.13. The van der Waals surface area contributed by atoms with Gasteiger partial charge in [0.1, 0.15) is 18.3 Å². The van der Waals surface area contributed by atoms with Gasteiger partial charge in [-0.3, -0.25) is 0 Å². The van der Waals surface area contributed by atoms with E-state index in [1.165, 1.54) is 66.4 Å². The third-order valence-corrected chi connectivity index (χ3v) is 7.78. The van der Waals surface area contributed by atoms with Crippen LogP contribution in [0.25, 0.3) is 27.3 Å². The summed E-state index contributed by atoms with van der Waals surface area (Å²) >= 11 is 0. The molecule has 0 radical (unpaired) electrons. The molecule has 3 aromatic carbocycles. The van der Waals surface area contributed by atoms with Gasteiger partial charge in [0.2, 0.25) is 0 Å². The highest BCUT2D eigenvalue weighted by Gasteiger charge is 2.31. The minimum absolute atomic E-state index is 0.513. The van der Waals surface area contributed by atoms with Gasteiger partial charge in [-0.1, -0.05) is 64.1 Å². The zero-order valence-corrected chi connectivity index (χ0v) is 20.7. The molecule has 2 heteroatoms. The van der Waals surface area contributed by atoms with E-state index in [0.717, 1.165) is 13.0 Å². The van der Waals surface area contributed by atoms with Crippen LogP contribution in [-0.4, -0.2) is 4.40 Å². The Bertz CT molecular complexity index is 1550. The molecule has 6 rings (SSSR count). The van der Waals surface area contributed by atoms with Crippen LogP contribution in [0.2, 0.25) is 0 Å². The van der Waals surface area contributed by atoms with Crippen LogP contribution in [0.15, 0.2) is 54.7 Å². The van der Waals surface area contributed by atoms with Crippen molar-refractivity contribution in [1.82, 2.24) is 4.40 Å². The molecule has 0 N–H and O–H groups in total. The van der Waals surface area contributed by atoms with Gasteiger partial charge in [-0.15, -0.1) is 0 Å². The maximum atomic E-state index is 2.57. The molecule has 0 spiro atoms. The molecule has 3 heterocycles. The molecule has 0 bridgehead atoms. The Morgan fingerprint density at radius 1 is 0.848 bits per heavy atom. The van der Waals surface area contributed by atoms with Gasteiger partial charge in [-0.25, -0.2) is 4.57 Å². The Morgan fingerprint density at radius 2 is 1.52 bits per heavy atom. The van der Waals surface area contributed by atoms with E-state index in [0.29, 0.717) is 11.8 Å². The summed E-state index contributed by atoms with van der Waals surface area (Å²) in [7, 11) is 0. The summed E-state index contributed by atoms with van der Waals surface area (Å²) in [5, 5.41) is 4.19. The first-order chi connectivity index (χ1) is 15.8. The Morgan fingerprint density at radius 3 is 2.21 bits per heavy atom. The van der Waals surface area contributed by atoms with Gasteiger partial charge >= 0.3 is 0 Å². The fourth-order valence-electron chi connectivity index (χ4n) is 6.03. The molecular formula is C31H33N2+. The molecule has 2 nitrogen and oxygen atoms in total. The Balaban J connectivity index is 1.71. The third kappa shape index (κ3) is 2.89. The predicted molar refractivity (Wildman–Crippen MR) is 139 cm³/mol. The molecule has 166 valence electrons. The van der Waals surface area contributed by atoms with Gasteiger partial charge in [0, 0.05) is 22.8 Å². The van der Waals surface area contributed by atoms with Crippen molar-refractivity contribution in [2.75, 3.05) is 0 Å². The normalized spacial score (nSPS) is 13.1. The lowest BCUT2D eigenvalue weighted by Crippen LogP contribution is -2.28. The molecule has 1 aliphatic heterocycles. The minimum atomic E-state index is 0.513. The highest BCUT2D eigenvalue weighted by molar-refractivity contribution is 6.13. The summed E-state index contributed by atoms with van der Waals surface area (Å²) in [6.07, 6.45) is 3.39. The highest BCUT2D eigenvalue weighted by Crippen LogP contribution is 2.37. The number of fused-ring (bicyclic) bond motifs is 3. The van der Waals surface area contributed by atoms with Gasteiger partial charge in [0.15, 0.2) is 5.69 Å². The molecular weight excluding hydrogens is 400 g/mol. The summed E-state index contributed by atoms with van der Waals surface area (Å²) in [6.45, 7) is 14.7. The Kier molecular flexibility index (Phi) is 4.46. The summed E-state index contributed by atoms with van der Waals surface area (Å²) in [6, 6.07) is 18.5. The van der Waals surface area contributed by atoms with Crippen LogP contribution >= 0.6 is 0 Å². The van der Waals surface area contributed by atoms with Gasteiger partial charge < -0.3 is 0 Å². The van der Waals surface area contributed by atoms with Crippen LogP contribution in [0, 0.1) is 13.8 Å². The SMILES string of the molecule is Cc1cc2c3cccc4c3c3n(c(Cc5c(C(C)C)cccc5C(C)C)c[n+]3C4)c2cc1C. The largest absolute Gasteiger partial charge is 0.295 e. The molecule has 0 amide bonds.